The molecule has 5 rings (SSSR count). The lowest BCUT2D eigenvalue weighted by molar-refractivity contribution is -0.155. The van der Waals surface area contributed by atoms with E-state index in [4.69, 9.17) is 14.5 Å². The van der Waals surface area contributed by atoms with Gasteiger partial charge in [-0.05, 0) is 49.7 Å². The molecule has 0 aromatic rings. The van der Waals surface area contributed by atoms with Gasteiger partial charge in [0.1, 0.15) is 6.10 Å². The van der Waals surface area contributed by atoms with Crippen LogP contribution in [0.15, 0.2) is 28.8 Å². The first-order valence-electron chi connectivity index (χ1n) is 11.5. The smallest absolute Gasteiger partial charge is 0.303 e. The van der Waals surface area contributed by atoms with Crippen LogP contribution in [0.4, 0.5) is 0 Å². The molecule has 7 heteroatoms. The molecule has 0 aromatic carbocycles. The van der Waals surface area contributed by atoms with Crippen molar-refractivity contribution < 1.29 is 29.0 Å². The molecule has 1 heterocycles. The predicted molar refractivity (Wildman–Crippen MR) is 116 cm³/mol. The standard InChI is InChI=1S/C25H31NO6/c1-13-26-25(20(30)12-31-14(2)27)21(32-13)10-18-17-6-5-15-9-16(28)7-8-23(15,3)22(17)19(29)11-24(18,25)4/h7-9,17-19,21-22,29H,5-6,10-12H2,1-4H3/t17-,18-,19+,21-,22+,23+,24+,25+/m1/s1. The number of aliphatic hydroxyl groups excluding tert-OH is 1. The van der Waals surface area contributed by atoms with Crippen molar-refractivity contribution in [3.05, 3.63) is 23.8 Å². The van der Waals surface area contributed by atoms with E-state index in [0.29, 0.717) is 18.7 Å². The summed E-state index contributed by atoms with van der Waals surface area (Å²) in [6, 6.07) is 0. The maximum Gasteiger partial charge on any atom is 0.303 e. The number of allylic oxidation sites excluding steroid dienone is 4. The van der Waals surface area contributed by atoms with Crippen molar-refractivity contribution >= 4 is 23.4 Å². The van der Waals surface area contributed by atoms with Crippen LogP contribution in [0.3, 0.4) is 0 Å². The Bertz CT molecular complexity index is 996. The number of aliphatic imine (C=N–C) groups is 1. The van der Waals surface area contributed by atoms with E-state index in [1.54, 1.807) is 19.1 Å². The van der Waals surface area contributed by atoms with Crippen LogP contribution in [-0.2, 0) is 23.9 Å². The molecule has 0 bridgehead atoms. The molecule has 0 radical (unpaired) electrons. The van der Waals surface area contributed by atoms with E-state index in [2.05, 4.69) is 13.8 Å². The summed E-state index contributed by atoms with van der Waals surface area (Å²) in [6.07, 6.45) is 7.01. The first-order valence-corrected chi connectivity index (χ1v) is 11.5. The first-order chi connectivity index (χ1) is 15.0. The number of ketones is 2. The van der Waals surface area contributed by atoms with Crippen LogP contribution in [0, 0.1) is 28.6 Å². The lowest BCUT2D eigenvalue weighted by Gasteiger charge is -2.59. The molecular formula is C25H31NO6. The summed E-state index contributed by atoms with van der Waals surface area (Å²) < 4.78 is 11.2. The van der Waals surface area contributed by atoms with Gasteiger partial charge in [0.2, 0.25) is 5.78 Å². The molecule has 3 saturated carbocycles. The van der Waals surface area contributed by atoms with Crippen LogP contribution in [-0.4, -0.2) is 52.9 Å². The zero-order valence-electron chi connectivity index (χ0n) is 19.1. The number of esters is 1. The van der Waals surface area contributed by atoms with Gasteiger partial charge in [-0.3, -0.25) is 14.4 Å². The van der Waals surface area contributed by atoms with Crippen molar-refractivity contribution in [3.8, 4) is 0 Å². The normalized spacial score (nSPS) is 46.2. The van der Waals surface area contributed by atoms with Crippen LogP contribution in [0.5, 0.6) is 0 Å². The average molecular weight is 442 g/mol. The van der Waals surface area contributed by atoms with Crippen molar-refractivity contribution in [3.63, 3.8) is 0 Å². The summed E-state index contributed by atoms with van der Waals surface area (Å²) in [6.45, 7) is 6.88. The molecule has 1 aliphatic heterocycles. The van der Waals surface area contributed by atoms with Gasteiger partial charge < -0.3 is 14.6 Å². The Labute approximate surface area is 187 Å². The minimum Gasteiger partial charge on any atom is -0.475 e. The third-order valence-corrected chi connectivity index (χ3v) is 9.17. The number of hydrogen-bond acceptors (Lipinski definition) is 7. The summed E-state index contributed by atoms with van der Waals surface area (Å²) in [4.78, 5) is 41.7. The van der Waals surface area contributed by atoms with E-state index in [1.807, 2.05) is 6.08 Å². The van der Waals surface area contributed by atoms with E-state index in [9.17, 15) is 19.5 Å². The van der Waals surface area contributed by atoms with Crippen LogP contribution < -0.4 is 0 Å². The number of hydrogen-bond donors (Lipinski definition) is 1. The van der Waals surface area contributed by atoms with Gasteiger partial charge in [0.05, 0.1) is 6.10 Å². The summed E-state index contributed by atoms with van der Waals surface area (Å²) in [7, 11) is 0. The molecule has 172 valence electrons. The molecule has 0 amide bonds. The number of carbonyl (C=O) groups is 3. The maximum absolute atomic E-state index is 13.5. The summed E-state index contributed by atoms with van der Waals surface area (Å²) in [5.74, 6) is -0.0140. The van der Waals surface area contributed by atoms with E-state index < -0.39 is 29.1 Å². The third kappa shape index (κ3) is 2.63. The molecule has 0 spiro atoms. The second-order valence-corrected chi connectivity index (χ2v) is 10.7. The fourth-order valence-corrected chi connectivity index (χ4v) is 7.97. The van der Waals surface area contributed by atoms with Gasteiger partial charge in [-0.1, -0.05) is 25.5 Å². The van der Waals surface area contributed by atoms with Crippen molar-refractivity contribution in [2.45, 2.75) is 71.1 Å². The highest BCUT2D eigenvalue weighted by molar-refractivity contribution is 6.01. The predicted octanol–water partition coefficient (Wildman–Crippen LogP) is 2.56. The third-order valence-electron chi connectivity index (χ3n) is 9.17. The molecule has 0 aromatic heterocycles. The lowest BCUT2D eigenvalue weighted by Crippen LogP contribution is -2.62. The van der Waals surface area contributed by atoms with Crippen molar-refractivity contribution in [1.29, 1.82) is 0 Å². The highest BCUT2D eigenvalue weighted by atomic mass is 16.5. The molecule has 5 aliphatic rings. The van der Waals surface area contributed by atoms with E-state index >= 15 is 0 Å². The van der Waals surface area contributed by atoms with Gasteiger partial charge in [-0.15, -0.1) is 0 Å². The fourth-order valence-electron chi connectivity index (χ4n) is 7.97. The summed E-state index contributed by atoms with van der Waals surface area (Å²) >= 11 is 0. The molecule has 1 N–H and O–H groups in total. The largest absolute Gasteiger partial charge is 0.475 e. The van der Waals surface area contributed by atoms with E-state index in [1.165, 1.54) is 6.92 Å². The minimum absolute atomic E-state index is 0.00898. The Hall–Kier alpha value is -2.28. The fraction of sp³-hybridized carbons (Fsp3) is 0.680. The Kier molecular flexibility index (Phi) is 4.62. The molecule has 32 heavy (non-hydrogen) atoms. The summed E-state index contributed by atoms with van der Waals surface area (Å²) in [5.41, 5.74) is -1.04. The van der Waals surface area contributed by atoms with E-state index in [0.717, 1.165) is 18.4 Å². The van der Waals surface area contributed by atoms with Crippen LogP contribution in [0.25, 0.3) is 0 Å². The number of fused-ring (bicyclic) bond motifs is 7. The second-order valence-electron chi connectivity index (χ2n) is 10.7. The number of ether oxygens (including phenoxy) is 2. The van der Waals surface area contributed by atoms with Crippen molar-refractivity contribution in [2.24, 2.45) is 33.6 Å². The quantitative estimate of drug-likeness (QED) is 0.676. The number of rotatable bonds is 3. The number of Topliss-reactive ketones (excluding diaryl/α,β-unsaturated/α-hetero) is 1. The lowest BCUT2D eigenvalue weighted by atomic mass is 9.46. The maximum atomic E-state index is 13.5. The average Bonchev–Trinajstić information content (AvgIpc) is 3.17. The zero-order valence-corrected chi connectivity index (χ0v) is 19.1. The number of aliphatic hydroxyl groups is 1. The molecule has 4 aliphatic carbocycles. The molecule has 8 atom stereocenters. The Morgan fingerprint density at radius 3 is 2.81 bits per heavy atom. The van der Waals surface area contributed by atoms with Crippen molar-refractivity contribution in [1.82, 2.24) is 0 Å². The van der Waals surface area contributed by atoms with E-state index in [-0.39, 0.29) is 41.3 Å². The highest BCUT2D eigenvalue weighted by Crippen LogP contribution is 2.69. The number of carbonyl (C=O) groups excluding carboxylic acids is 3. The Morgan fingerprint density at radius 2 is 2.09 bits per heavy atom. The first kappa shape index (κ1) is 21.6. The molecule has 3 fully saturated rings. The molecule has 7 nitrogen and oxygen atoms in total. The molecule has 0 unspecified atom stereocenters. The summed E-state index contributed by atoms with van der Waals surface area (Å²) in [5, 5.41) is 11.6. The van der Waals surface area contributed by atoms with Gasteiger partial charge in [0, 0.05) is 30.6 Å². The number of nitrogens with zero attached hydrogens (tertiary/aromatic N) is 1. The van der Waals surface area contributed by atoms with Gasteiger partial charge in [-0.2, -0.15) is 0 Å². The zero-order chi connectivity index (χ0) is 23.1. The molecular weight excluding hydrogens is 410 g/mol. The SMILES string of the molecule is CC(=O)OCC(=O)[C@]12N=C(C)O[C@@H]1C[C@@H]1[C@H]3CCC4=CC(=O)C=C[C@]4(C)[C@@H]3[C@@H](O)C[C@@]12C. The Balaban J connectivity index is 1.56. The monoisotopic (exact) mass is 441 g/mol. The topological polar surface area (TPSA) is 102 Å². The van der Waals surface area contributed by atoms with Gasteiger partial charge in [0.15, 0.2) is 23.8 Å². The van der Waals surface area contributed by atoms with Gasteiger partial charge >= 0.3 is 5.97 Å². The highest BCUT2D eigenvalue weighted by Gasteiger charge is 2.74. The molecule has 0 saturated heterocycles. The van der Waals surface area contributed by atoms with Gasteiger partial charge in [-0.25, -0.2) is 4.99 Å². The Morgan fingerprint density at radius 1 is 1.34 bits per heavy atom. The van der Waals surface area contributed by atoms with Crippen LogP contribution in [0.1, 0.15) is 53.4 Å². The van der Waals surface area contributed by atoms with Gasteiger partial charge in [0.25, 0.3) is 0 Å². The second kappa shape index (κ2) is 6.86. The van der Waals surface area contributed by atoms with Crippen LogP contribution in [0.2, 0.25) is 0 Å². The van der Waals surface area contributed by atoms with Crippen molar-refractivity contribution in [2.75, 3.05) is 6.61 Å². The van der Waals surface area contributed by atoms with Crippen LogP contribution >= 0.6 is 0 Å². The minimum atomic E-state index is -1.15.